The normalized spacial score (nSPS) is 21.2. The number of aromatic nitrogens is 2. The predicted molar refractivity (Wildman–Crippen MR) is 73.0 cm³/mol. The van der Waals surface area contributed by atoms with Gasteiger partial charge in [-0.25, -0.2) is 4.98 Å². The van der Waals surface area contributed by atoms with Crippen LogP contribution in [0.1, 0.15) is 12.1 Å². The molecule has 1 fully saturated rings. The molecular weight excluding hydrogens is 288 g/mol. The van der Waals surface area contributed by atoms with Crippen LogP contribution in [0, 0.1) is 5.92 Å². The maximum Gasteiger partial charge on any atom is 0.281 e. The van der Waals surface area contributed by atoms with E-state index >= 15 is 0 Å². The van der Waals surface area contributed by atoms with Crippen molar-refractivity contribution in [1.82, 2.24) is 18.6 Å². The molecule has 1 atom stereocenters. The fraction of sp³-hybridized carbons (Fsp3) is 0.636. The third-order valence-electron chi connectivity index (χ3n) is 3.19. The van der Waals surface area contributed by atoms with Gasteiger partial charge in [0.1, 0.15) is 5.15 Å². The van der Waals surface area contributed by atoms with Crippen LogP contribution in [0.5, 0.6) is 0 Å². The molecule has 1 aromatic rings. The Balaban J connectivity index is 2.00. The van der Waals surface area contributed by atoms with Crippen LogP contribution in [0.25, 0.3) is 0 Å². The quantitative estimate of drug-likeness (QED) is 0.825. The van der Waals surface area contributed by atoms with Crippen LogP contribution < -0.4 is 0 Å². The van der Waals surface area contributed by atoms with Gasteiger partial charge in [0.15, 0.2) is 0 Å². The molecule has 0 aromatic carbocycles. The van der Waals surface area contributed by atoms with Crippen molar-refractivity contribution in [2.75, 3.05) is 27.2 Å². The zero-order valence-corrected chi connectivity index (χ0v) is 12.5. The highest BCUT2D eigenvalue weighted by Gasteiger charge is 2.32. The number of hydrogen-bond acceptors (Lipinski definition) is 4. The summed E-state index contributed by atoms with van der Waals surface area (Å²) in [4.78, 5) is 8.17. The molecule has 1 saturated heterocycles. The summed E-state index contributed by atoms with van der Waals surface area (Å²) in [6, 6.07) is 0. The van der Waals surface area contributed by atoms with Crippen LogP contribution in [0.3, 0.4) is 0 Å². The Hall–Kier alpha value is -0.760. The van der Waals surface area contributed by atoms with E-state index in [1.807, 2.05) is 0 Å². The third-order valence-corrected chi connectivity index (χ3v) is 5.28. The fourth-order valence-corrected chi connectivity index (χ4v) is 3.54. The summed E-state index contributed by atoms with van der Waals surface area (Å²) in [6.07, 6.45) is 4.70. The van der Waals surface area contributed by atoms with Gasteiger partial charge >= 0.3 is 0 Å². The molecule has 106 valence electrons. The molecule has 0 spiro atoms. The molecule has 1 aliphatic rings. The highest BCUT2D eigenvalue weighted by molar-refractivity contribution is 7.86. The molecule has 0 N–H and O–H groups in total. The van der Waals surface area contributed by atoms with Gasteiger partial charge in [-0.1, -0.05) is 11.6 Å². The van der Waals surface area contributed by atoms with Gasteiger partial charge in [-0.3, -0.25) is 4.98 Å². The Morgan fingerprint density at radius 3 is 2.84 bits per heavy atom. The molecule has 1 aromatic heterocycles. The number of nitrogens with zero attached hydrogens (tertiary/aromatic N) is 4. The summed E-state index contributed by atoms with van der Waals surface area (Å²) >= 11 is 5.79. The van der Waals surface area contributed by atoms with Gasteiger partial charge in [0.2, 0.25) is 0 Å². The van der Waals surface area contributed by atoms with Crippen molar-refractivity contribution >= 4 is 21.8 Å². The van der Waals surface area contributed by atoms with Crippen molar-refractivity contribution in [2.24, 2.45) is 5.92 Å². The number of hydrogen-bond donors (Lipinski definition) is 0. The minimum atomic E-state index is -3.31. The zero-order valence-electron chi connectivity index (χ0n) is 11.0. The molecule has 0 radical (unpaired) electrons. The topological polar surface area (TPSA) is 66.4 Å². The van der Waals surface area contributed by atoms with E-state index in [0.717, 1.165) is 12.1 Å². The van der Waals surface area contributed by atoms with E-state index in [1.54, 1.807) is 20.3 Å². The van der Waals surface area contributed by atoms with Gasteiger partial charge in [0, 0.05) is 33.4 Å². The second-order valence-electron chi connectivity index (χ2n) is 4.84. The number of rotatable bonds is 4. The third kappa shape index (κ3) is 3.42. The van der Waals surface area contributed by atoms with E-state index in [1.165, 1.54) is 14.8 Å². The molecule has 0 aliphatic carbocycles. The van der Waals surface area contributed by atoms with Crippen LogP contribution in [0.4, 0.5) is 0 Å². The van der Waals surface area contributed by atoms with Gasteiger partial charge < -0.3 is 0 Å². The average molecular weight is 305 g/mol. The second-order valence-corrected chi connectivity index (χ2v) is 7.37. The van der Waals surface area contributed by atoms with E-state index in [0.29, 0.717) is 24.7 Å². The van der Waals surface area contributed by atoms with Gasteiger partial charge in [-0.05, 0) is 18.8 Å². The molecule has 6 nitrogen and oxygen atoms in total. The first-order valence-corrected chi connectivity index (χ1v) is 7.81. The molecule has 1 unspecified atom stereocenters. The minimum absolute atomic E-state index is 0.266. The van der Waals surface area contributed by atoms with Crippen molar-refractivity contribution in [3.8, 4) is 0 Å². The largest absolute Gasteiger partial charge is 0.281 e. The number of halogens is 1. The van der Waals surface area contributed by atoms with Crippen LogP contribution in [0.15, 0.2) is 12.4 Å². The first kappa shape index (κ1) is 14.6. The lowest BCUT2D eigenvalue weighted by molar-refractivity contribution is 0.409. The molecule has 2 rings (SSSR count). The van der Waals surface area contributed by atoms with E-state index in [9.17, 15) is 8.42 Å². The molecule has 0 saturated carbocycles. The highest BCUT2D eigenvalue weighted by atomic mass is 35.5. The Morgan fingerprint density at radius 2 is 2.21 bits per heavy atom. The lowest BCUT2D eigenvalue weighted by atomic mass is 10.0. The highest BCUT2D eigenvalue weighted by Crippen LogP contribution is 2.23. The van der Waals surface area contributed by atoms with Crippen LogP contribution in [-0.2, 0) is 16.6 Å². The molecular formula is C11H17ClN4O2S. The molecule has 19 heavy (non-hydrogen) atoms. The van der Waals surface area contributed by atoms with Gasteiger partial charge in [-0.15, -0.1) is 0 Å². The smallest absolute Gasteiger partial charge is 0.260 e. The Labute approximate surface area is 118 Å². The zero-order chi connectivity index (χ0) is 14.0. The van der Waals surface area contributed by atoms with Crippen LogP contribution in [-0.4, -0.2) is 54.2 Å². The minimum Gasteiger partial charge on any atom is -0.260 e. The van der Waals surface area contributed by atoms with Crippen LogP contribution >= 0.6 is 11.6 Å². The molecule has 0 bridgehead atoms. The molecule has 2 heterocycles. The standard InChI is InChI=1S/C11H17ClN4O2S/c1-15(2)19(17,18)16-4-3-9(8-16)5-10-6-13-7-11(12)14-10/h6-7,9H,3-5,8H2,1-2H3. The van der Waals surface area contributed by atoms with E-state index < -0.39 is 10.2 Å². The van der Waals surface area contributed by atoms with Crippen molar-refractivity contribution in [3.63, 3.8) is 0 Å². The Morgan fingerprint density at radius 1 is 1.47 bits per heavy atom. The first-order valence-electron chi connectivity index (χ1n) is 6.03. The summed E-state index contributed by atoms with van der Waals surface area (Å²) in [5.74, 6) is 0.266. The molecule has 1 aliphatic heterocycles. The lowest BCUT2D eigenvalue weighted by Gasteiger charge is -2.20. The van der Waals surface area contributed by atoms with Gasteiger partial charge in [0.05, 0.1) is 11.9 Å². The van der Waals surface area contributed by atoms with E-state index in [-0.39, 0.29) is 5.92 Å². The van der Waals surface area contributed by atoms with Crippen LogP contribution in [0.2, 0.25) is 5.15 Å². The monoisotopic (exact) mass is 304 g/mol. The summed E-state index contributed by atoms with van der Waals surface area (Å²) in [5.41, 5.74) is 0.807. The lowest BCUT2D eigenvalue weighted by Crippen LogP contribution is -2.38. The molecule has 8 heteroatoms. The summed E-state index contributed by atoms with van der Waals surface area (Å²) in [7, 11) is -0.212. The van der Waals surface area contributed by atoms with E-state index in [2.05, 4.69) is 9.97 Å². The van der Waals surface area contributed by atoms with Gasteiger partial charge in [0.25, 0.3) is 10.2 Å². The predicted octanol–water partition coefficient (Wildman–Crippen LogP) is 0.801. The summed E-state index contributed by atoms with van der Waals surface area (Å²) in [5, 5.41) is 0.369. The maximum atomic E-state index is 12.0. The Kier molecular flexibility index (Phi) is 4.39. The maximum absolute atomic E-state index is 12.0. The Bertz CT molecular complexity index is 549. The second kappa shape index (κ2) is 5.70. The van der Waals surface area contributed by atoms with E-state index in [4.69, 9.17) is 11.6 Å². The van der Waals surface area contributed by atoms with Crippen molar-refractivity contribution in [1.29, 1.82) is 0 Å². The average Bonchev–Trinajstić information content (AvgIpc) is 2.78. The van der Waals surface area contributed by atoms with Crippen molar-refractivity contribution in [3.05, 3.63) is 23.2 Å². The summed E-state index contributed by atoms with van der Waals surface area (Å²) < 4.78 is 26.7. The van der Waals surface area contributed by atoms with Crippen molar-refractivity contribution in [2.45, 2.75) is 12.8 Å². The fourth-order valence-electron chi connectivity index (χ4n) is 2.18. The molecule has 0 amide bonds. The summed E-state index contributed by atoms with van der Waals surface area (Å²) in [6.45, 7) is 1.08. The first-order chi connectivity index (χ1) is 8.89. The van der Waals surface area contributed by atoms with Crippen molar-refractivity contribution < 1.29 is 8.42 Å². The van der Waals surface area contributed by atoms with Gasteiger partial charge in [-0.2, -0.15) is 17.0 Å². The SMILES string of the molecule is CN(C)S(=O)(=O)N1CCC(Cc2cncc(Cl)n2)C1.